The van der Waals surface area contributed by atoms with Gasteiger partial charge >= 0.3 is 0 Å². The van der Waals surface area contributed by atoms with Crippen LogP contribution in [0.25, 0.3) is 0 Å². The van der Waals surface area contributed by atoms with Crippen molar-refractivity contribution in [2.75, 3.05) is 18.0 Å². The fraction of sp³-hybridized carbons (Fsp3) is 0.412. The van der Waals surface area contributed by atoms with E-state index >= 15 is 0 Å². The number of carbonyl (C=O) groups excluding carboxylic acids is 1. The van der Waals surface area contributed by atoms with Crippen LogP contribution in [0.3, 0.4) is 0 Å². The lowest BCUT2D eigenvalue weighted by Crippen LogP contribution is -2.51. The first-order chi connectivity index (χ1) is 11.7. The molecule has 4 rings (SSSR count). The predicted molar refractivity (Wildman–Crippen MR) is 85.9 cm³/mol. The van der Waals surface area contributed by atoms with E-state index in [4.69, 9.17) is 0 Å². The van der Waals surface area contributed by atoms with Gasteiger partial charge in [0, 0.05) is 31.0 Å². The van der Waals surface area contributed by atoms with Crippen molar-refractivity contribution in [1.82, 2.24) is 20.3 Å². The first-order valence-electron chi connectivity index (χ1n) is 8.10. The number of nitrogens with zero attached hydrogens (tertiary/aromatic N) is 4. The smallest absolute Gasteiger partial charge is 0.228 e. The summed E-state index contributed by atoms with van der Waals surface area (Å²) in [4.78, 5) is 26.6. The minimum atomic E-state index is -0.435. The van der Waals surface area contributed by atoms with Gasteiger partial charge < -0.3 is 10.2 Å². The van der Waals surface area contributed by atoms with Crippen LogP contribution in [0.5, 0.6) is 0 Å². The van der Waals surface area contributed by atoms with Gasteiger partial charge in [-0.15, -0.1) is 0 Å². The monoisotopic (exact) mass is 327 g/mol. The Balaban J connectivity index is 1.45. The molecule has 1 spiro atoms. The van der Waals surface area contributed by atoms with Crippen LogP contribution in [-0.2, 0) is 4.79 Å². The maximum atomic E-state index is 12.9. The Morgan fingerprint density at radius 2 is 1.83 bits per heavy atom. The van der Waals surface area contributed by atoms with Gasteiger partial charge in [-0.2, -0.15) is 0 Å². The first-order valence-corrected chi connectivity index (χ1v) is 8.10. The van der Waals surface area contributed by atoms with Gasteiger partial charge in [0.15, 0.2) is 5.82 Å². The lowest BCUT2D eigenvalue weighted by molar-refractivity contribution is -0.121. The van der Waals surface area contributed by atoms with Crippen molar-refractivity contribution >= 4 is 11.9 Å². The molecule has 0 bridgehead atoms. The fourth-order valence-corrected chi connectivity index (χ4v) is 3.68. The van der Waals surface area contributed by atoms with E-state index in [2.05, 4.69) is 20.3 Å². The molecule has 0 unspecified atom stereocenters. The molecule has 2 aliphatic heterocycles. The lowest BCUT2D eigenvalue weighted by atomic mass is 9.82. The van der Waals surface area contributed by atoms with Gasteiger partial charge in [0.05, 0.1) is 18.3 Å². The van der Waals surface area contributed by atoms with E-state index in [0.717, 1.165) is 37.9 Å². The molecule has 1 N–H and O–H groups in total. The van der Waals surface area contributed by atoms with Crippen molar-refractivity contribution < 1.29 is 9.18 Å². The molecule has 124 valence electrons. The van der Waals surface area contributed by atoms with E-state index in [9.17, 15) is 9.18 Å². The number of carbonyl (C=O) groups is 1. The summed E-state index contributed by atoms with van der Waals surface area (Å²) >= 11 is 0. The standard InChI is InChI=1S/C17H18FN5O/c18-13-10-20-16(21-11-13)23-7-3-17(4-8-23)9-14(15(24)22-17)12-1-5-19-6-2-12/h1-2,5-6,10-11,14H,3-4,7-9H2,(H,22,24)/t14-/m1/s1. The number of amides is 1. The zero-order valence-electron chi connectivity index (χ0n) is 13.2. The second-order valence-electron chi connectivity index (χ2n) is 6.50. The Hall–Kier alpha value is -2.57. The van der Waals surface area contributed by atoms with Crippen molar-refractivity contribution in [3.05, 3.63) is 48.3 Å². The summed E-state index contributed by atoms with van der Waals surface area (Å²) in [5, 5.41) is 3.21. The number of hydrogen-bond acceptors (Lipinski definition) is 5. The highest BCUT2D eigenvalue weighted by atomic mass is 19.1. The molecule has 2 aliphatic rings. The average molecular weight is 327 g/mol. The normalized spacial score (nSPS) is 22.6. The predicted octanol–water partition coefficient (Wildman–Crippen LogP) is 1.65. The summed E-state index contributed by atoms with van der Waals surface area (Å²) < 4.78 is 12.9. The van der Waals surface area contributed by atoms with E-state index in [1.165, 1.54) is 12.4 Å². The fourth-order valence-electron chi connectivity index (χ4n) is 3.68. The minimum absolute atomic E-state index is 0.0904. The van der Waals surface area contributed by atoms with Crippen molar-refractivity contribution in [1.29, 1.82) is 0 Å². The van der Waals surface area contributed by atoms with Gasteiger partial charge in [-0.25, -0.2) is 14.4 Å². The highest BCUT2D eigenvalue weighted by Gasteiger charge is 2.46. The Labute approximate surface area is 139 Å². The second kappa shape index (κ2) is 5.81. The molecule has 2 fully saturated rings. The third-order valence-corrected chi connectivity index (χ3v) is 5.02. The molecule has 0 aromatic carbocycles. The number of hydrogen-bond donors (Lipinski definition) is 1. The molecule has 2 aromatic rings. The van der Waals surface area contributed by atoms with Gasteiger partial charge in [-0.05, 0) is 37.0 Å². The second-order valence-corrected chi connectivity index (χ2v) is 6.50. The van der Waals surface area contributed by atoms with Crippen LogP contribution >= 0.6 is 0 Å². The first kappa shape index (κ1) is 15.0. The van der Waals surface area contributed by atoms with Crippen molar-refractivity contribution in [3.8, 4) is 0 Å². The zero-order chi connectivity index (χ0) is 16.6. The molecule has 2 saturated heterocycles. The maximum Gasteiger partial charge on any atom is 0.228 e. The molecular formula is C17H18FN5O. The van der Waals surface area contributed by atoms with Gasteiger partial charge in [-0.1, -0.05) is 0 Å². The number of anilines is 1. The Bertz CT molecular complexity index is 728. The molecule has 24 heavy (non-hydrogen) atoms. The van der Waals surface area contributed by atoms with Gasteiger partial charge in [0.1, 0.15) is 0 Å². The number of piperidine rings is 1. The van der Waals surface area contributed by atoms with Crippen LogP contribution in [0.4, 0.5) is 10.3 Å². The van der Waals surface area contributed by atoms with Gasteiger partial charge in [0.2, 0.25) is 11.9 Å². The molecule has 0 aliphatic carbocycles. The van der Waals surface area contributed by atoms with E-state index < -0.39 is 5.82 Å². The number of nitrogens with one attached hydrogen (secondary N) is 1. The van der Waals surface area contributed by atoms with E-state index in [1.807, 2.05) is 17.0 Å². The van der Waals surface area contributed by atoms with Crippen LogP contribution in [0.15, 0.2) is 36.9 Å². The average Bonchev–Trinajstić information content (AvgIpc) is 2.93. The largest absolute Gasteiger partial charge is 0.350 e. The Morgan fingerprint density at radius 1 is 1.17 bits per heavy atom. The van der Waals surface area contributed by atoms with Crippen LogP contribution in [-0.4, -0.2) is 39.5 Å². The molecule has 1 amide bonds. The van der Waals surface area contributed by atoms with Crippen LogP contribution in [0.2, 0.25) is 0 Å². The molecule has 6 nitrogen and oxygen atoms in total. The summed E-state index contributed by atoms with van der Waals surface area (Å²) in [6.07, 6.45) is 8.29. The highest BCUT2D eigenvalue weighted by Crippen LogP contribution is 2.39. The summed E-state index contributed by atoms with van der Waals surface area (Å²) in [5.41, 5.74) is 0.852. The molecule has 0 saturated carbocycles. The quantitative estimate of drug-likeness (QED) is 0.908. The van der Waals surface area contributed by atoms with Gasteiger partial charge in [0.25, 0.3) is 0 Å². The van der Waals surface area contributed by atoms with Crippen LogP contribution in [0.1, 0.15) is 30.7 Å². The molecule has 2 aromatic heterocycles. The third kappa shape index (κ3) is 2.70. The SMILES string of the molecule is O=C1NC2(CCN(c3ncc(F)cn3)CC2)C[C@@H]1c1ccncc1. The summed E-state index contributed by atoms with van der Waals surface area (Å²) in [5.74, 6) is 0.0889. The van der Waals surface area contributed by atoms with Crippen LogP contribution < -0.4 is 10.2 Å². The summed E-state index contributed by atoms with van der Waals surface area (Å²) in [6, 6.07) is 3.81. The zero-order valence-corrected chi connectivity index (χ0v) is 13.2. The molecule has 0 radical (unpaired) electrons. The number of aromatic nitrogens is 3. The molecule has 1 atom stereocenters. The number of rotatable bonds is 2. The van der Waals surface area contributed by atoms with E-state index in [-0.39, 0.29) is 17.4 Å². The van der Waals surface area contributed by atoms with E-state index in [1.54, 1.807) is 12.4 Å². The van der Waals surface area contributed by atoms with E-state index in [0.29, 0.717) is 5.95 Å². The third-order valence-electron chi connectivity index (χ3n) is 5.02. The van der Waals surface area contributed by atoms with Crippen molar-refractivity contribution in [2.45, 2.75) is 30.7 Å². The molecule has 7 heteroatoms. The number of pyridine rings is 1. The van der Waals surface area contributed by atoms with Crippen molar-refractivity contribution in [3.63, 3.8) is 0 Å². The maximum absolute atomic E-state index is 12.9. The van der Waals surface area contributed by atoms with Crippen LogP contribution in [0, 0.1) is 5.82 Å². The Morgan fingerprint density at radius 3 is 2.50 bits per heavy atom. The molecular weight excluding hydrogens is 309 g/mol. The lowest BCUT2D eigenvalue weighted by Gasteiger charge is -2.39. The summed E-state index contributed by atoms with van der Waals surface area (Å²) in [7, 11) is 0. The minimum Gasteiger partial charge on any atom is -0.350 e. The van der Waals surface area contributed by atoms with Crippen molar-refractivity contribution in [2.24, 2.45) is 0 Å². The summed E-state index contributed by atoms with van der Waals surface area (Å²) in [6.45, 7) is 1.49. The highest BCUT2D eigenvalue weighted by molar-refractivity contribution is 5.87. The molecule has 4 heterocycles. The number of halogens is 1. The van der Waals surface area contributed by atoms with Gasteiger partial charge in [-0.3, -0.25) is 9.78 Å². The Kier molecular flexibility index (Phi) is 3.63. The topological polar surface area (TPSA) is 71.0 Å².